The van der Waals surface area contributed by atoms with Crippen molar-refractivity contribution in [1.82, 2.24) is 9.62 Å². The van der Waals surface area contributed by atoms with E-state index in [-0.39, 0.29) is 23.3 Å². The Bertz CT molecular complexity index is 699. The van der Waals surface area contributed by atoms with Gasteiger partial charge in [-0.15, -0.1) is 0 Å². The Hall–Kier alpha value is -0.960. The van der Waals surface area contributed by atoms with Crippen molar-refractivity contribution < 1.29 is 13.2 Å². The minimum absolute atomic E-state index is 0.0325. The summed E-state index contributed by atoms with van der Waals surface area (Å²) >= 11 is 3.31. The highest BCUT2D eigenvalue weighted by molar-refractivity contribution is 9.10. The molecule has 21 heavy (non-hydrogen) atoms. The summed E-state index contributed by atoms with van der Waals surface area (Å²) in [5.74, 6) is -0.111. The highest BCUT2D eigenvalue weighted by Crippen LogP contribution is 2.34. The molecule has 2 heterocycles. The maximum Gasteiger partial charge on any atom is 0.244 e. The fraction of sp³-hybridized carbons (Fsp3) is 0.462. The van der Waals surface area contributed by atoms with E-state index in [1.807, 2.05) is 0 Å². The van der Waals surface area contributed by atoms with Gasteiger partial charge in [0.2, 0.25) is 15.9 Å². The van der Waals surface area contributed by atoms with Crippen LogP contribution in [-0.2, 0) is 21.2 Å². The summed E-state index contributed by atoms with van der Waals surface area (Å²) in [6.45, 7) is 1.49. The first-order chi connectivity index (χ1) is 9.89. The molecule has 0 bridgehead atoms. The number of carbonyl (C=O) groups is 1. The third-order valence-corrected chi connectivity index (χ3v) is 6.86. The van der Waals surface area contributed by atoms with Crippen LogP contribution in [0.25, 0.3) is 0 Å². The van der Waals surface area contributed by atoms with Crippen molar-refractivity contribution in [2.24, 2.45) is 0 Å². The van der Waals surface area contributed by atoms with E-state index in [9.17, 15) is 13.2 Å². The van der Waals surface area contributed by atoms with Crippen LogP contribution < -0.4 is 10.6 Å². The van der Waals surface area contributed by atoms with E-state index in [0.717, 1.165) is 18.5 Å². The van der Waals surface area contributed by atoms with Crippen LogP contribution in [0, 0.1) is 0 Å². The molecular weight excluding hydrogens is 358 g/mol. The number of hydrogen-bond donors (Lipinski definition) is 2. The number of anilines is 1. The van der Waals surface area contributed by atoms with Crippen LogP contribution >= 0.6 is 15.9 Å². The second-order valence-electron chi connectivity index (χ2n) is 5.33. The average molecular weight is 374 g/mol. The minimum Gasteiger partial charge on any atom is -0.325 e. The maximum absolute atomic E-state index is 12.8. The van der Waals surface area contributed by atoms with Gasteiger partial charge in [-0.05, 0) is 46.6 Å². The van der Waals surface area contributed by atoms with E-state index in [2.05, 4.69) is 26.6 Å². The molecule has 3 rings (SSSR count). The lowest BCUT2D eigenvalue weighted by molar-refractivity contribution is -0.115. The lowest BCUT2D eigenvalue weighted by atomic mass is 10.2. The molecule has 2 aliphatic heterocycles. The molecule has 1 saturated heterocycles. The smallest absolute Gasteiger partial charge is 0.244 e. The van der Waals surface area contributed by atoms with Crippen LogP contribution in [-0.4, -0.2) is 44.8 Å². The molecule has 1 aromatic rings. The summed E-state index contributed by atoms with van der Waals surface area (Å²) in [5.41, 5.74) is 1.40. The summed E-state index contributed by atoms with van der Waals surface area (Å²) in [5, 5.41) is 5.88. The summed E-state index contributed by atoms with van der Waals surface area (Å²) in [7, 11) is -1.98. The summed E-state index contributed by atoms with van der Waals surface area (Å²) in [6, 6.07) is 3.22. The van der Waals surface area contributed by atoms with Crippen LogP contribution in [0.2, 0.25) is 0 Å². The Morgan fingerprint density at radius 3 is 2.81 bits per heavy atom. The van der Waals surface area contributed by atoms with Gasteiger partial charge in [-0.25, -0.2) is 8.42 Å². The zero-order valence-corrected chi connectivity index (χ0v) is 13.9. The van der Waals surface area contributed by atoms with Gasteiger partial charge >= 0.3 is 0 Å². The molecule has 0 aliphatic carbocycles. The molecule has 6 nitrogen and oxygen atoms in total. The van der Waals surface area contributed by atoms with Gasteiger partial charge in [0.05, 0.1) is 11.3 Å². The molecule has 1 unspecified atom stereocenters. The fourth-order valence-electron chi connectivity index (χ4n) is 2.72. The molecule has 1 aromatic carbocycles. The van der Waals surface area contributed by atoms with Crippen molar-refractivity contribution in [3.63, 3.8) is 0 Å². The average Bonchev–Trinajstić information content (AvgIpc) is 3.04. The summed E-state index contributed by atoms with van der Waals surface area (Å²) in [4.78, 5) is 11.6. The molecular formula is C13H16BrN3O3S. The molecule has 1 amide bonds. The Morgan fingerprint density at radius 2 is 2.14 bits per heavy atom. The number of sulfonamides is 1. The van der Waals surface area contributed by atoms with E-state index in [1.54, 1.807) is 19.2 Å². The molecule has 0 radical (unpaired) electrons. The normalized spacial score (nSPS) is 21.7. The SMILES string of the molecule is CN(C1CCNC1)S(=O)(=O)c1cc2c(cc1Br)NC(=O)C2. The molecule has 0 saturated carbocycles. The van der Waals surface area contributed by atoms with Crippen molar-refractivity contribution in [2.75, 3.05) is 25.5 Å². The molecule has 2 aliphatic rings. The second-order valence-corrected chi connectivity index (χ2v) is 8.15. The number of likely N-dealkylation sites (N-methyl/N-ethyl adjacent to an activating group) is 1. The molecule has 1 atom stereocenters. The topological polar surface area (TPSA) is 78.5 Å². The number of fused-ring (bicyclic) bond motifs is 1. The standard InChI is InChI=1S/C13H16BrN3O3S/c1-17(9-2-3-15-7-9)21(19,20)12-4-8-5-13(18)16-11(8)6-10(12)14/h4,6,9,15H,2-3,5,7H2,1H3,(H,16,18). The summed E-state index contributed by atoms with van der Waals surface area (Å²) in [6.07, 6.45) is 1.03. The summed E-state index contributed by atoms with van der Waals surface area (Å²) < 4.78 is 27.5. The van der Waals surface area contributed by atoms with Gasteiger partial charge in [0.15, 0.2) is 0 Å². The Labute approximate surface area is 132 Å². The van der Waals surface area contributed by atoms with Crippen molar-refractivity contribution in [3.05, 3.63) is 22.2 Å². The van der Waals surface area contributed by atoms with E-state index in [0.29, 0.717) is 16.7 Å². The van der Waals surface area contributed by atoms with Gasteiger partial charge in [0, 0.05) is 29.8 Å². The van der Waals surface area contributed by atoms with E-state index in [1.165, 1.54) is 4.31 Å². The number of benzene rings is 1. The number of halogens is 1. The number of nitrogens with zero attached hydrogens (tertiary/aromatic N) is 1. The Kier molecular flexibility index (Phi) is 3.81. The second kappa shape index (κ2) is 5.35. The quantitative estimate of drug-likeness (QED) is 0.825. The highest BCUT2D eigenvalue weighted by Gasteiger charge is 2.32. The fourth-order valence-corrected chi connectivity index (χ4v) is 5.16. The van der Waals surface area contributed by atoms with E-state index >= 15 is 0 Å². The molecule has 2 N–H and O–H groups in total. The van der Waals surface area contributed by atoms with Crippen molar-refractivity contribution in [1.29, 1.82) is 0 Å². The first-order valence-corrected chi connectivity index (χ1v) is 8.94. The van der Waals surface area contributed by atoms with Gasteiger partial charge in [0.1, 0.15) is 0 Å². The van der Waals surface area contributed by atoms with Crippen molar-refractivity contribution in [3.8, 4) is 0 Å². The zero-order chi connectivity index (χ0) is 15.2. The number of hydrogen-bond acceptors (Lipinski definition) is 4. The van der Waals surface area contributed by atoms with Gasteiger partial charge in [-0.1, -0.05) is 0 Å². The minimum atomic E-state index is -3.58. The van der Waals surface area contributed by atoms with Gasteiger partial charge in [-0.3, -0.25) is 4.79 Å². The first kappa shape index (κ1) is 15.0. The Morgan fingerprint density at radius 1 is 1.38 bits per heavy atom. The van der Waals surface area contributed by atoms with Crippen molar-refractivity contribution >= 4 is 37.5 Å². The predicted octanol–water partition coefficient (Wildman–Crippen LogP) is 0.926. The van der Waals surface area contributed by atoms with E-state index < -0.39 is 10.0 Å². The van der Waals surface area contributed by atoms with Gasteiger partial charge in [-0.2, -0.15) is 4.31 Å². The molecule has 8 heteroatoms. The number of rotatable bonds is 3. The van der Waals surface area contributed by atoms with Crippen LogP contribution in [0.1, 0.15) is 12.0 Å². The third-order valence-electron chi connectivity index (χ3n) is 3.99. The van der Waals surface area contributed by atoms with Gasteiger partial charge in [0.25, 0.3) is 0 Å². The molecule has 1 fully saturated rings. The first-order valence-electron chi connectivity index (χ1n) is 6.70. The van der Waals surface area contributed by atoms with Crippen LogP contribution in [0.5, 0.6) is 0 Å². The lowest BCUT2D eigenvalue weighted by Gasteiger charge is -2.24. The lowest BCUT2D eigenvalue weighted by Crippen LogP contribution is -2.38. The van der Waals surface area contributed by atoms with Crippen molar-refractivity contribution in [2.45, 2.75) is 23.8 Å². The molecule has 0 aromatic heterocycles. The molecule has 114 valence electrons. The number of carbonyl (C=O) groups excluding carboxylic acids is 1. The Balaban J connectivity index is 1.99. The van der Waals surface area contributed by atoms with Gasteiger partial charge < -0.3 is 10.6 Å². The third kappa shape index (κ3) is 2.61. The zero-order valence-electron chi connectivity index (χ0n) is 11.5. The molecule has 0 spiro atoms. The number of nitrogens with one attached hydrogen (secondary N) is 2. The maximum atomic E-state index is 12.8. The monoisotopic (exact) mass is 373 g/mol. The highest BCUT2D eigenvalue weighted by atomic mass is 79.9. The predicted molar refractivity (Wildman–Crippen MR) is 82.7 cm³/mol. The van der Waals surface area contributed by atoms with E-state index in [4.69, 9.17) is 0 Å². The number of amides is 1. The van der Waals surface area contributed by atoms with Crippen LogP contribution in [0.4, 0.5) is 5.69 Å². The largest absolute Gasteiger partial charge is 0.325 e. The van der Waals surface area contributed by atoms with Crippen LogP contribution in [0.3, 0.4) is 0 Å². The van der Waals surface area contributed by atoms with Crippen LogP contribution in [0.15, 0.2) is 21.5 Å².